The van der Waals surface area contributed by atoms with E-state index in [-0.39, 0.29) is 41.0 Å². The monoisotopic (exact) mass is 458 g/mol. The fourth-order valence-corrected chi connectivity index (χ4v) is 5.56. The van der Waals surface area contributed by atoms with E-state index < -0.39 is 18.5 Å². The Labute approximate surface area is 197 Å². The molecule has 2 aliphatic carbocycles. The lowest BCUT2D eigenvalue weighted by Gasteiger charge is -2.19. The highest BCUT2D eigenvalue weighted by Crippen LogP contribution is 2.55. The lowest BCUT2D eigenvalue weighted by Crippen LogP contribution is -2.33. The molecule has 1 N–H and O–H groups in total. The normalized spacial score (nSPS) is 24.8. The lowest BCUT2D eigenvalue weighted by atomic mass is 9.82. The Morgan fingerprint density at radius 3 is 2.44 bits per heavy atom. The van der Waals surface area contributed by atoms with Crippen LogP contribution in [0.15, 0.2) is 54.1 Å². The van der Waals surface area contributed by atoms with Gasteiger partial charge in [0.15, 0.2) is 6.61 Å². The molecule has 1 heterocycles. The summed E-state index contributed by atoms with van der Waals surface area (Å²) in [5, 5.41) is 2.75. The molecular weight excluding hydrogens is 432 g/mol. The summed E-state index contributed by atoms with van der Waals surface area (Å²) in [4.78, 5) is 52.0. The number of anilines is 2. The molecule has 0 unspecified atom stereocenters. The molecule has 5 rings (SSSR count). The first-order chi connectivity index (χ1) is 16.3. The molecule has 1 saturated heterocycles. The van der Waals surface area contributed by atoms with Crippen LogP contribution < -0.4 is 10.2 Å². The summed E-state index contributed by atoms with van der Waals surface area (Å²) in [5.74, 6) is -1.67. The van der Waals surface area contributed by atoms with Crippen LogP contribution in [-0.2, 0) is 19.1 Å². The van der Waals surface area contributed by atoms with Gasteiger partial charge in [-0.25, -0.2) is 4.79 Å². The molecule has 0 spiro atoms. The van der Waals surface area contributed by atoms with Gasteiger partial charge in [-0.2, -0.15) is 0 Å². The number of allylic oxidation sites excluding steroid dienone is 2. The van der Waals surface area contributed by atoms with Crippen LogP contribution in [0.5, 0.6) is 0 Å². The SMILES string of the molecule is CC1=C[C@H]2C[C@H]1[C@@H]1C(=O)N(c3ccc(C(=O)OCC(=O)Nc4cccc(C)c4C)cc3)C(=O)[C@H]12. The van der Waals surface area contributed by atoms with Gasteiger partial charge in [0.25, 0.3) is 5.91 Å². The van der Waals surface area contributed by atoms with Gasteiger partial charge in [0.2, 0.25) is 11.8 Å². The Bertz CT molecular complexity index is 1250. The van der Waals surface area contributed by atoms with Crippen molar-refractivity contribution < 1.29 is 23.9 Å². The van der Waals surface area contributed by atoms with Crippen molar-refractivity contribution in [1.82, 2.24) is 0 Å². The van der Waals surface area contributed by atoms with E-state index >= 15 is 0 Å². The third kappa shape index (κ3) is 3.52. The first-order valence-corrected chi connectivity index (χ1v) is 11.5. The van der Waals surface area contributed by atoms with E-state index in [4.69, 9.17) is 4.74 Å². The number of imide groups is 1. The number of nitrogens with one attached hydrogen (secondary N) is 1. The van der Waals surface area contributed by atoms with Gasteiger partial charge < -0.3 is 10.1 Å². The van der Waals surface area contributed by atoms with Gasteiger partial charge in [-0.05, 0) is 80.5 Å². The molecule has 0 radical (unpaired) electrons. The number of hydrogen-bond donors (Lipinski definition) is 1. The quantitative estimate of drug-likeness (QED) is 0.418. The molecule has 2 aromatic rings. The van der Waals surface area contributed by atoms with Crippen LogP contribution in [0, 0.1) is 37.5 Å². The van der Waals surface area contributed by atoms with Gasteiger partial charge in [-0.3, -0.25) is 19.3 Å². The molecule has 7 nitrogen and oxygen atoms in total. The first kappa shape index (κ1) is 22.1. The summed E-state index contributed by atoms with van der Waals surface area (Å²) in [6, 6.07) is 11.7. The van der Waals surface area contributed by atoms with Crippen molar-refractivity contribution in [1.29, 1.82) is 0 Å². The number of rotatable bonds is 5. The van der Waals surface area contributed by atoms with Gasteiger partial charge in [-0.15, -0.1) is 0 Å². The molecule has 7 heteroatoms. The second-order valence-corrected chi connectivity index (χ2v) is 9.40. The third-order valence-corrected chi connectivity index (χ3v) is 7.45. The highest BCUT2D eigenvalue weighted by Gasteiger charge is 2.60. The predicted molar refractivity (Wildman–Crippen MR) is 126 cm³/mol. The Morgan fingerprint density at radius 1 is 1.00 bits per heavy atom. The molecule has 3 aliphatic rings. The zero-order valence-electron chi connectivity index (χ0n) is 19.3. The average Bonchev–Trinajstić information content (AvgIpc) is 3.45. The molecule has 0 aromatic heterocycles. The van der Waals surface area contributed by atoms with E-state index in [0.717, 1.165) is 17.5 Å². The molecule has 4 atom stereocenters. The first-order valence-electron chi connectivity index (χ1n) is 11.5. The van der Waals surface area contributed by atoms with E-state index in [1.807, 2.05) is 32.9 Å². The molecule has 34 heavy (non-hydrogen) atoms. The van der Waals surface area contributed by atoms with Crippen LogP contribution in [0.2, 0.25) is 0 Å². The van der Waals surface area contributed by atoms with Crippen LogP contribution in [0.1, 0.15) is 34.8 Å². The maximum absolute atomic E-state index is 13.1. The summed E-state index contributed by atoms with van der Waals surface area (Å²) < 4.78 is 5.14. The van der Waals surface area contributed by atoms with Crippen molar-refractivity contribution in [2.45, 2.75) is 27.2 Å². The van der Waals surface area contributed by atoms with Crippen molar-refractivity contribution in [2.24, 2.45) is 23.7 Å². The lowest BCUT2D eigenvalue weighted by molar-refractivity contribution is -0.123. The van der Waals surface area contributed by atoms with E-state index in [9.17, 15) is 19.2 Å². The number of aryl methyl sites for hydroxylation is 1. The second-order valence-electron chi connectivity index (χ2n) is 9.40. The summed E-state index contributed by atoms with van der Waals surface area (Å²) >= 11 is 0. The zero-order valence-corrected chi connectivity index (χ0v) is 19.3. The van der Waals surface area contributed by atoms with Gasteiger partial charge in [0.1, 0.15) is 0 Å². The summed E-state index contributed by atoms with van der Waals surface area (Å²) in [6.45, 7) is 5.47. The van der Waals surface area contributed by atoms with Crippen LogP contribution in [0.3, 0.4) is 0 Å². The van der Waals surface area contributed by atoms with Crippen molar-refractivity contribution in [3.63, 3.8) is 0 Å². The van der Waals surface area contributed by atoms with Crippen LogP contribution in [0.4, 0.5) is 11.4 Å². The molecular formula is C27H26N2O5. The number of esters is 1. The molecule has 3 amide bonds. The minimum atomic E-state index is -0.656. The van der Waals surface area contributed by atoms with Gasteiger partial charge in [0, 0.05) is 5.69 Å². The minimum Gasteiger partial charge on any atom is -0.452 e. The standard InChI is InChI=1S/C27H26N2O5/c1-14-5-4-6-21(16(14)3)28-22(30)13-34-27(33)17-7-9-19(10-8-17)29-25(31)23-18-11-15(2)20(12-18)24(23)26(29)32/h4-11,18,20,23-24H,12-13H2,1-3H3,(H,28,30)/t18-,20+,23-,24-/m0/s1. The highest BCUT2D eigenvalue weighted by atomic mass is 16.5. The number of fused-ring (bicyclic) bond motifs is 5. The van der Waals surface area contributed by atoms with E-state index in [1.54, 1.807) is 18.2 Å². The number of hydrogen-bond acceptors (Lipinski definition) is 5. The fourth-order valence-electron chi connectivity index (χ4n) is 5.56. The molecule has 2 fully saturated rings. The smallest absolute Gasteiger partial charge is 0.338 e. The Balaban J connectivity index is 1.21. The highest BCUT2D eigenvalue weighted by molar-refractivity contribution is 6.23. The molecule has 1 saturated carbocycles. The maximum atomic E-state index is 13.1. The van der Waals surface area contributed by atoms with Crippen molar-refractivity contribution in [3.05, 3.63) is 70.8 Å². The van der Waals surface area contributed by atoms with Crippen LogP contribution in [-0.4, -0.2) is 30.3 Å². The summed E-state index contributed by atoms with van der Waals surface area (Å²) in [6.07, 6.45) is 3.02. The van der Waals surface area contributed by atoms with Gasteiger partial charge in [0.05, 0.1) is 23.1 Å². The number of ether oxygens (including phenoxy) is 1. The average molecular weight is 459 g/mol. The second kappa shape index (κ2) is 8.24. The number of nitrogens with zero attached hydrogens (tertiary/aromatic N) is 1. The topological polar surface area (TPSA) is 92.8 Å². The van der Waals surface area contributed by atoms with Crippen LogP contribution >= 0.6 is 0 Å². The van der Waals surface area contributed by atoms with Crippen molar-refractivity contribution >= 4 is 35.1 Å². The number of carbonyl (C=O) groups is 4. The van der Waals surface area contributed by atoms with E-state index in [0.29, 0.717) is 11.4 Å². The predicted octanol–water partition coefficient (Wildman–Crippen LogP) is 3.80. The number of amides is 3. The Kier molecular flexibility index (Phi) is 5.35. The van der Waals surface area contributed by atoms with Gasteiger partial charge in [-0.1, -0.05) is 23.8 Å². The van der Waals surface area contributed by atoms with Crippen molar-refractivity contribution in [2.75, 3.05) is 16.8 Å². The Morgan fingerprint density at radius 2 is 1.71 bits per heavy atom. The van der Waals surface area contributed by atoms with Crippen molar-refractivity contribution in [3.8, 4) is 0 Å². The molecule has 2 aromatic carbocycles. The number of carbonyl (C=O) groups excluding carboxylic acids is 4. The number of benzene rings is 2. The van der Waals surface area contributed by atoms with E-state index in [1.165, 1.54) is 22.6 Å². The Hall–Kier alpha value is -3.74. The summed E-state index contributed by atoms with van der Waals surface area (Å²) in [5.41, 5.74) is 4.56. The summed E-state index contributed by atoms with van der Waals surface area (Å²) in [7, 11) is 0. The maximum Gasteiger partial charge on any atom is 0.338 e. The molecule has 1 aliphatic heterocycles. The van der Waals surface area contributed by atoms with Crippen LogP contribution in [0.25, 0.3) is 0 Å². The largest absolute Gasteiger partial charge is 0.452 e. The van der Waals surface area contributed by atoms with E-state index in [2.05, 4.69) is 11.4 Å². The molecule has 174 valence electrons. The zero-order chi connectivity index (χ0) is 24.1. The van der Waals surface area contributed by atoms with Gasteiger partial charge >= 0.3 is 5.97 Å². The third-order valence-electron chi connectivity index (χ3n) is 7.45. The fraction of sp³-hybridized carbons (Fsp3) is 0.333. The molecule has 2 bridgehead atoms. The minimum absolute atomic E-state index is 0.139.